The zero-order valence-corrected chi connectivity index (χ0v) is 13.3. The van der Waals surface area contributed by atoms with Gasteiger partial charge in [0.05, 0.1) is 5.69 Å². The molecule has 0 spiro atoms. The summed E-state index contributed by atoms with van der Waals surface area (Å²) < 4.78 is 79.3. The lowest BCUT2D eigenvalue weighted by Gasteiger charge is -2.32. The molecule has 1 aliphatic heterocycles. The molecule has 25 heavy (non-hydrogen) atoms. The van der Waals surface area contributed by atoms with E-state index in [4.69, 9.17) is 0 Å². The summed E-state index contributed by atoms with van der Waals surface area (Å²) in [6.07, 6.45) is -11.1. The van der Waals surface area contributed by atoms with Crippen molar-refractivity contribution in [3.05, 3.63) is 29.3 Å². The lowest BCUT2D eigenvalue weighted by atomic mass is 9.89. The fourth-order valence-electron chi connectivity index (χ4n) is 2.79. The maximum atomic E-state index is 13.8. The van der Waals surface area contributed by atoms with Gasteiger partial charge in [-0.1, -0.05) is 17.7 Å². The van der Waals surface area contributed by atoms with Crippen molar-refractivity contribution >= 4 is 17.5 Å². The van der Waals surface area contributed by atoms with E-state index in [1.54, 1.807) is 0 Å². The first-order chi connectivity index (χ1) is 11.2. The van der Waals surface area contributed by atoms with Crippen molar-refractivity contribution in [1.29, 1.82) is 0 Å². The average molecular weight is 368 g/mol. The lowest BCUT2D eigenvalue weighted by Crippen LogP contribution is -2.64. The molecule has 1 aromatic carbocycles. The minimum Gasteiger partial charge on any atom is -0.323 e. The maximum Gasteiger partial charge on any atom is 0.471 e. The first-order valence-corrected chi connectivity index (χ1v) is 7.14. The molecule has 10 heteroatoms. The molecule has 0 bridgehead atoms. The number of amides is 2. The number of rotatable bonds is 2. The van der Waals surface area contributed by atoms with Crippen LogP contribution in [-0.4, -0.2) is 30.2 Å². The zero-order valence-electron chi connectivity index (χ0n) is 13.3. The van der Waals surface area contributed by atoms with Gasteiger partial charge in [-0.3, -0.25) is 9.59 Å². The van der Waals surface area contributed by atoms with Crippen LogP contribution in [0.25, 0.3) is 0 Å². The van der Waals surface area contributed by atoms with E-state index in [0.29, 0.717) is 5.56 Å². The molecule has 4 nitrogen and oxygen atoms in total. The number of aryl methyl sites for hydroxylation is 1. The Bertz CT molecular complexity index is 726. The van der Waals surface area contributed by atoms with E-state index < -0.39 is 41.3 Å². The van der Waals surface area contributed by atoms with Crippen LogP contribution in [0.4, 0.5) is 32.0 Å². The topological polar surface area (TPSA) is 49.4 Å². The van der Waals surface area contributed by atoms with Gasteiger partial charge in [0.1, 0.15) is 0 Å². The van der Waals surface area contributed by atoms with E-state index in [2.05, 4.69) is 0 Å². The number of carbonyl (C=O) groups excluding carboxylic acids is 2. The van der Waals surface area contributed by atoms with Crippen LogP contribution in [0, 0.1) is 6.92 Å². The molecule has 1 atom stereocenters. The summed E-state index contributed by atoms with van der Waals surface area (Å²) in [5.74, 6) is -4.51. The SMILES string of the molecule is Cc1ccc2c(c1)C(NC(=O)C(F)(F)F)(C(F)(F)F)C(=O)N2C(C)C. The third kappa shape index (κ3) is 2.83. The Hall–Kier alpha value is -2.26. The molecule has 0 saturated heterocycles. The van der Waals surface area contributed by atoms with Gasteiger partial charge in [0.15, 0.2) is 0 Å². The van der Waals surface area contributed by atoms with Crippen LogP contribution >= 0.6 is 0 Å². The number of anilines is 1. The molecular formula is C15H14F6N2O2. The molecule has 1 aliphatic rings. The second-order valence-electron chi connectivity index (χ2n) is 5.99. The smallest absolute Gasteiger partial charge is 0.323 e. The number of fused-ring (bicyclic) bond motifs is 1. The van der Waals surface area contributed by atoms with Crippen LogP contribution in [-0.2, 0) is 15.1 Å². The molecule has 0 aromatic heterocycles. The van der Waals surface area contributed by atoms with E-state index >= 15 is 0 Å². The molecule has 0 radical (unpaired) electrons. The second kappa shape index (κ2) is 5.63. The van der Waals surface area contributed by atoms with Gasteiger partial charge in [0, 0.05) is 11.6 Å². The standard InChI is InChI=1S/C15H14F6N2O2/c1-7(2)23-10-5-4-8(3)6-9(10)13(12(23)25,15(19,20)21)22-11(24)14(16,17)18/h4-7H,1-3H3,(H,22,24). The molecule has 2 rings (SSSR count). The highest BCUT2D eigenvalue weighted by atomic mass is 19.4. The van der Waals surface area contributed by atoms with Crippen molar-refractivity contribution in [3.63, 3.8) is 0 Å². The fraction of sp³-hybridized carbons (Fsp3) is 0.467. The van der Waals surface area contributed by atoms with E-state index in [-0.39, 0.29) is 5.69 Å². The molecule has 1 unspecified atom stereocenters. The highest BCUT2D eigenvalue weighted by Gasteiger charge is 2.69. The first kappa shape index (κ1) is 19.1. The van der Waals surface area contributed by atoms with Gasteiger partial charge in [0.25, 0.3) is 5.91 Å². The molecule has 1 aromatic rings. The van der Waals surface area contributed by atoms with Gasteiger partial charge >= 0.3 is 18.3 Å². The van der Waals surface area contributed by atoms with E-state index in [1.165, 1.54) is 32.9 Å². The van der Waals surface area contributed by atoms with Gasteiger partial charge in [-0.15, -0.1) is 0 Å². The van der Waals surface area contributed by atoms with Crippen molar-refractivity contribution in [1.82, 2.24) is 5.32 Å². The van der Waals surface area contributed by atoms with Crippen LogP contribution in [0.2, 0.25) is 0 Å². The summed E-state index contributed by atoms with van der Waals surface area (Å²) in [7, 11) is 0. The Morgan fingerprint density at radius 2 is 1.72 bits per heavy atom. The monoisotopic (exact) mass is 368 g/mol. The number of hydrogen-bond donors (Lipinski definition) is 1. The van der Waals surface area contributed by atoms with Gasteiger partial charge in [-0.05, 0) is 26.8 Å². The lowest BCUT2D eigenvalue weighted by molar-refractivity contribution is -0.211. The highest BCUT2D eigenvalue weighted by molar-refractivity contribution is 6.10. The van der Waals surface area contributed by atoms with E-state index in [9.17, 15) is 35.9 Å². The molecule has 1 N–H and O–H groups in total. The van der Waals surface area contributed by atoms with Crippen LogP contribution in [0.1, 0.15) is 25.0 Å². The van der Waals surface area contributed by atoms with Crippen LogP contribution < -0.4 is 10.2 Å². The molecular weight excluding hydrogens is 354 g/mol. The van der Waals surface area contributed by atoms with Crippen LogP contribution in [0.15, 0.2) is 18.2 Å². The Kier molecular flexibility index (Phi) is 4.30. The second-order valence-corrected chi connectivity index (χ2v) is 5.99. The number of alkyl halides is 6. The normalized spacial score (nSPS) is 20.9. The number of carbonyl (C=O) groups is 2. The van der Waals surface area contributed by atoms with Crippen molar-refractivity contribution < 1.29 is 35.9 Å². The summed E-state index contributed by atoms with van der Waals surface area (Å²) in [5.41, 5.74) is -4.40. The fourth-order valence-corrected chi connectivity index (χ4v) is 2.79. The molecule has 138 valence electrons. The average Bonchev–Trinajstić information content (AvgIpc) is 2.67. The molecule has 1 heterocycles. The third-order valence-corrected chi connectivity index (χ3v) is 3.86. The Morgan fingerprint density at radius 1 is 1.16 bits per heavy atom. The predicted molar refractivity (Wildman–Crippen MR) is 75.7 cm³/mol. The van der Waals surface area contributed by atoms with Gasteiger partial charge < -0.3 is 10.2 Å². The Labute approximate surface area is 138 Å². The number of halogens is 6. The summed E-state index contributed by atoms with van der Waals surface area (Å²) in [6, 6.07) is 2.84. The van der Waals surface area contributed by atoms with E-state index in [0.717, 1.165) is 16.3 Å². The zero-order chi connectivity index (χ0) is 19.4. The number of benzene rings is 1. The molecule has 0 fully saturated rings. The van der Waals surface area contributed by atoms with Crippen LogP contribution in [0.3, 0.4) is 0 Å². The van der Waals surface area contributed by atoms with Crippen molar-refractivity contribution in [2.75, 3.05) is 4.90 Å². The highest BCUT2D eigenvalue weighted by Crippen LogP contribution is 2.50. The largest absolute Gasteiger partial charge is 0.471 e. The molecule has 0 aliphatic carbocycles. The predicted octanol–water partition coefficient (Wildman–Crippen LogP) is 3.19. The van der Waals surface area contributed by atoms with Crippen LogP contribution in [0.5, 0.6) is 0 Å². The number of nitrogens with zero attached hydrogens (tertiary/aromatic N) is 1. The summed E-state index contributed by atoms with van der Waals surface area (Å²) in [5, 5.41) is 0.910. The number of nitrogens with one attached hydrogen (secondary N) is 1. The quantitative estimate of drug-likeness (QED) is 0.816. The minimum absolute atomic E-state index is 0.189. The minimum atomic E-state index is -5.58. The molecule has 2 amide bonds. The van der Waals surface area contributed by atoms with Crippen molar-refractivity contribution in [2.24, 2.45) is 0 Å². The van der Waals surface area contributed by atoms with Gasteiger partial charge in [0.2, 0.25) is 5.54 Å². The summed E-state index contributed by atoms with van der Waals surface area (Å²) in [4.78, 5) is 24.6. The number of hydrogen-bond acceptors (Lipinski definition) is 2. The first-order valence-electron chi connectivity index (χ1n) is 7.14. The Balaban J connectivity index is 2.78. The third-order valence-electron chi connectivity index (χ3n) is 3.86. The van der Waals surface area contributed by atoms with Gasteiger partial charge in [-0.25, -0.2) is 0 Å². The van der Waals surface area contributed by atoms with E-state index in [1.807, 2.05) is 0 Å². The van der Waals surface area contributed by atoms with Crippen molar-refractivity contribution in [3.8, 4) is 0 Å². The summed E-state index contributed by atoms with van der Waals surface area (Å²) in [6.45, 7) is 4.26. The van der Waals surface area contributed by atoms with Gasteiger partial charge in [-0.2, -0.15) is 26.3 Å². The molecule has 0 saturated carbocycles. The summed E-state index contributed by atoms with van der Waals surface area (Å²) >= 11 is 0. The Morgan fingerprint density at radius 3 is 2.16 bits per heavy atom. The maximum absolute atomic E-state index is 13.8. The van der Waals surface area contributed by atoms with Crippen molar-refractivity contribution in [2.45, 2.75) is 44.7 Å².